The summed E-state index contributed by atoms with van der Waals surface area (Å²) in [6, 6.07) is 24.3. The first kappa shape index (κ1) is 36.2. The average Bonchev–Trinajstić information content (AvgIpc) is 3.09. The van der Waals surface area contributed by atoms with Crippen LogP contribution in [0.1, 0.15) is 94.1 Å². The van der Waals surface area contributed by atoms with E-state index in [-0.39, 0.29) is 48.7 Å². The fraction of sp³-hybridized carbons (Fsp3) is 0.282. The molecule has 0 aliphatic rings. The molecule has 0 saturated heterocycles. The summed E-state index contributed by atoms with van der Waals surface area (Å²) >= 11 is 0. The highest BCUT2D eigenvalue weighted by molar-refractivity contribution is 6.04. The van der Waals surface area contributed by atoms with E-state index in [9.17, 15) is 19.2 Å². The number of carbonyl (C=O) groups excluding carboxylic acids is 4. The zero-order chi connectivity index (χ0) is 35.6. The maximum absolute atomic E-state index is 12.6. The van der Waals surface area contributed by atoms with Gasteiger partial charge >= 0.3 is 23.9 Å². The molecule has 0 aromatic heterocycles. The Bertz CT molecular complexity index is 1660. The van der Waals surface area contributed by atoms with Crippen molar-refractivity contribution in [1.29, 1.82) is 0 Å². The zero-order valence-corrected chi connectivity index (χ0v) is 28.5. The largest absolute Gasteiger partial charge is 0.462 e. The van der Waals surface area contributed by atoms with Gasteiger partial charge in [-0.15, -0.1) is 0 Å². The van der Waals surface area contributed by atoms with Gasteiger partial charge in [-0.1, -0.05) is 38.1 Å². The van der Waals surface area contributed by atoms with Crippen molar-refractivity contribution in [3.8, 4) is 23.0 Å². The van der Waals surface area contributed by atoms with Gasteiger partial charge in [-0.2, -0.15) is 0 Å². The predicted octanol–water partition coefficient (Wildman–Crippen LogP) is 8.30. The van der Waals surface area contributed by atoms with Crippen molar-refractivity contribution in [2.24, 2.45) is 0 Å². The van der Waals surface area contributed by atoms with Crippen molar-refractivity contribution in [3.05, 3.63) is 118 Å². The minimum Gasteiger partial charge on any atom is -0.462 e. The summed E-state index contributed by atoms with van der Waals surface area (Å²) in [7, 11) is 0. The Labute approximate surface area is 285 Å². The summed E-state index contributed by atoms with van der Waals surface area (Å²) in [4.78, 5) is 49.9. The summed E-state index contributed by atoms with van der Waals surface area (Å²) in [5.74, 6) is -0.702. The topological polar surface area (TPSA) is 124 Å². The van der Waals surface area contributed by atoms with E-state index in [4.69, 9.17) is 28.4 Å². The molecule has 4 aromatic rings. The normalized spacial score (nSPS) is 10.9. The molecular formula is C39H40O10. The van der Waals surface area contributed by atoms with Gasteiger partial charge < -0.3 is 28.4 Å². The molecule has 4 aromatic carbocycles. The lowest BCUT2D eigenvalue weighted by molar-refractivity contribution is 0.0478. The second kappa shape index (κ2) is 16.5. The molecule has 0 aliphatic heterocycles. The maximum Gasteiger partial charge on any atom is 0.339 e. The van der Waals surface area contributed by atoms with Crippen LogP contribution in [0.15, 0.2) is 84.9 Å². The van der Waals surface area contributed by atoms with Crippen molar-refractivity contribution in [1.82, 2.24) is 0 Å². The molecule has 0 atom stereocenters. The Balaban J connectivity index is 1.49. The monoisotopic (exact) mass is 668 g/mol. The van der Waals surface area contributed by atoms with Crippen molar-refractivity contribution in [2.75, 3.05) is 26.4 Å². The van der Waals surface area contributed by atoms with Crippen LogP contribution in [0.3, 0.4) is 0 Å². The summed E-state index contributed by atoms with van der Waals surface area (Å²) in [6.07, 6.45) is 0. The van der Waals surface area contributed by atoms with E-state index < -0.39 is 29.3 Å². The molecule has 0 unspecified atom stereocenters. The van der Waals surface area contributed by atoms with E-state index in [0.717, 1.165) is 11.1 Å². The quantitative estimate of drug-likeness (QED) is 0.0957. The number of esters is 4. The number of carbonyl (C=O) groups is 4. The smallest absolute Gasteiger partial charge is 0.339 e. The number of rotatable bonds is 14. The van der Waals surface area contributed by atoms with Crippen LogP contribution in [0, 0.1) is 0 Å². The average molecular weight is 669 g/mol. The molecule has 4 rings (SSSR count). The van der Waals surface area contributed by atoms with E-state index in [1.54, 1.807) is 39.8 Å². The van der Waals surface area contributed by atoms with Crippen LogP contribution >= 0.6 is 0 Å². The highest BCUT2D eigenvalue weighted by Gasteiger charge is 2.25. The van der Waals surface area contributed by atoms with Crippen LogP contribution in [0.25, 0.3) is 0 Å². The summed E-state index contributed by atoms with van der Waals surface area (Å²) in [5.41, 5.74) is 1.99. The van der Waals surface area contributed by atoms with Gasteiger partial charge in [-0.05, 0) is 99.5 Å². The molecule has 10 nitrogen and oxygen atoms in total. The third-order valence-corrected chi connectivity index (χ3v) is 7.59. The predicted molar refractivity (Wildman–Crippen MR) is 182 cm³/mol. The fourth-order valence-corrected chi connectivity index (χ4v) is 5.02. The molecule has 49 heavy (non-hydrogen) atoms. The van der Waals surface area contributed by atoms with E-state index in [1.165, 1.54) is 24.3 Å². The second-order valence-electron chi connectivity index (χ2n) is 11.2. The number of hydrogen-bond acceptors (Lipinski definition) is 10. The van der Waals surface area contributed by atoms with Crippen LogP contribution < -0.4 is 9.47 Å². The molecule has 10 heteroatoms. The van der Waals surface area contributed by atoms with Crippen LogP contribution in [-0.2, 0) is 24.4 Å². The highest BCUT2D eigenvalue weighted by atomic mass is 16.5. The summed E-state index contributed by atoms with van der Waals surface area (Å²) in [6.45, 7) is 11.6. The molecular weight excluding hydrogens is 628 g/mol. The van der Waals surface area contributed by atoms with E-state index in [0.29, 0.717) is 23.0 Å². The van der Waals surface area contributed by atoms with Crippen molar-refractivity contribution in [3.63, 3.8) is 0 Å². The Morgan fingerprint density at radius 1 is 0.429 bits per heavy atom. The zero-order valence-electron chi connectivity index (χ0n) is 28.5. The molecule has 0 spiro atoms. The van der Waals surface area contributed by atoms with Gasteiger partial charge in [0.25, 0.3) is 0 Å². The highest BCUT2D eigenvalue weighted by Crippen LogP contribution is 2.35. The molecule has 0 saturated carbocycles. The lowest BCUT2D eigenvalue weighted by Crippen LogP contribution is -2.18. The Morgan fingerprint density at radius 3 is 1.02 bits per heavy atom. The number of ether oxygens (including phenoxy) is 6. The molecule has 256 valence electrons. The fourth-order valence-electron chi connectivity index (χ4n) is 5.02. The minimum absolute atomic E-state index is 0.0658. The van der Waals surface area contributed by atoms with Gasteiger partial charge in [0, 0.05) is 5.41 Å². The van der Waals surface area contributed by atoms with Gasteiger partial charge in [0.1, 0.15) is 23.0 Å². The number of benzene rings is 4. The Morgan fingerprint density at radius 2 is 0.714 bits per heavy atom. The second-order valence-corrected chi connectivity index (χ2v) is 11.2. The molecule has 0 heterocycles. The van der Waals surface area contributed by atoms with Crippen molar-refractivity contribution < 1.29 is 47.6 Å². The van der Waals surface area contributed by atoms with Crippen LogP contribution in [0.5, 0.6) is 23.0 Å². The first-order valence-corrected chi connectivity index (χ1v) is 16.1. The summed E-state index contributed by atoms with van der Waals surface area (Å²) < 4.78 is 32.5. The third kappa shape index (κ3) is 8.84. The maximum atomic E-state index is 12.6. The minimum atomic E-state index is -0.641. The molecule has 0 radical (unpaired) electrons. The Hall–Kier alpha value is -5.64. The van der Waals surface area contributed by atoms with Crippen molar-refractivity contribution in [2.45, 2.75) is 47.0 Å². The molecule has 0 amide bonds. The van der Waals surface area contributed by atoms with E-state index >= 15 is 0 Å². The lowest BCUT2D eigenvalue weighted by Gasteiger charge is -2.26. The summed E-state index contributed by atoms with van der Waals surface area (Å²) in [5, 5.41) is 0. The number of hydrogen-bond donors (Lipinski definition) is 0. The standard InChI is InChI=1S/C39H40O10/c1-7-44-35(40)31-21-19-29(23-33(31)37(42)46-9-3)48-27-15-11-25(12-16-27)39(5,6)26-13-17-28(18-14-26)49-30-20-22-32(36(41)45-8-2)34(24-30)38(43)47-10-4/h11-24H,7-10H2,1-6H3. The van der Waals surface area contributed by atoms with Crippen molar-refractivity contribution >= 4 is 23.9 Å². The van der Waals surface area contributed by atoms with E-state index in [1.807, 2.05) is 48.5 Å². The van der Waals surface area contributed by atoms with Gasteiger partial charge in [-0.3, -0.25) is 0 Å². The van der Waals surface area contributed by atoms with Crippen LogP contribution in [0.2, 0.25) is 0 Å². The molecule has 0 fully saturated rings. The SMILES string of the molecule is CCOC(=O)c1ccc(Oc2ccc(C(C)(C)c3ccc(Oc4ccc(C(=O)OCC)c(C(=O)OCC)c4)cc3)cc2)cc1C(=O)OCC. The van der Waals surface area contributed by atoms with Gasteiger partial charge in [0.15, 0.2) is 0 Å². The Kier molecular flexibility index (Phi) is 12.2. The first-order valence-electron chi connectivity index (χ1n) is 16.1. The van der Waals surface area contributed by atoms with Crippen LogP contribution in [-0.4, -0.2) is 50.3 Å². The lowest BCUT2D eigenvalue weighted by atomic mass is 9.78. The van der Waals surface area contributed by atoms with Gasteiger partial charge in [0.2, 0.25) is 0 Å². The first-order chi connectivity index (χ1) is 23.5. The van der Waals surface area contributed by atoms with Gasteiger partial charge in [-0.25, -0.2) is 19.2 Å². The van der Waals surface area contributed by atoms with Crippen LogP contribution in [0.4, 0.5) is 0 Å². The van der Waals surface area contributed by atoms with Gasteiger partial charge in [0.05, 0.1) is 48.7 Å². The molecule has 0 bridgehead atoms. The van der Waals surface area contributed by atoms with E-state index in [2.05, 4.69) is 13.8 Å². The molecule has 0 aliphatic carbocycles. The third-order valence-electron chi connectivity index (χ3n) is 7.59. The molecule has 0 N–H and O–H groups in total.